The van der Waals surface area contributed by atoms with Crippen molar-refractivity contribution in [1.29, 1.82) is 0 Å². The summed E-state index contributed by atoms with van der Waals surface area (Å²) >= 11 is 0. The number of urea groups is 2. The van der Waals surface area contributed by atoms with Crippen LogP contribution in [0, 0.1) is 46.8 Å². The van der Waals surface area contributed by atoms with Crippen LogP contribution in [-0.4, -0.2) is 117 Å². The molecular formula is C42H67N5O7. The van der Waals surface area contributed by atoms with E-state index in [9.17, 15) is 33.9 Å². The molecule has 3 aliphatic heterocycles. The van der Waals surface area contributed by atoms with Crippen LogP contribution in [0.25, 0.3) is 0 Å². The van der Waals surface area contributed by atoms with Crippen molar-refractivity contribution in [2.75, 3.05) is 33.7 Å². The maximum Gasteiger partial charge on any atom is 0.327 e. The lowest BCUT2D eigenvalue weighted by Crippen LogP contribution is -2.63. The first kappa shape index (κ1) is 40.8. The number of nitrogens with zero attached hydrogens (tertiary/aromatic N) is 4. The molecule has 0 spiro atoms. The lowest BCUT2D eigenvalue weighted by Gasteiger charge is -2.63. The van der Waals surface area contributed by atoms with Crippen LogP contribution in [0.15, 0.2) is 0 Å². The molecule has 9 aliphatic rings. The van der Waals surface area contributed by atoms with Gasteiger partial charge in [-0.1, -0.05) is 40.5 Å². The average molecular weight is 754 g/mol. The number of nitrogens with one attached hydrogen (secondary N) is 1. The summed E-state index contributed by atoms with van der Waals surface area (Å²) in [6.07, 6.45) is 11.9. The van der Waals surface area contributed by atoms with Crippen molar-refractivity contribution in [2.45, 2.75) is 148 Å². The van der Waals surface area contributed by atoms with Crippen molar-refractivity contribution in [3.8, 4) is 0 Å². The Morgan fingerprint density at radius 2 is 1.30 bits per heavy atom. The number of hydrogen-bond acceptors (Lipinski definition) is 8. The first-order valence-electron chi connectivity index (χ1n) is 21.2. The molecule has 54 heavy (non-hydrogen) atoms. The molecule has 0 aromatic rings. The van der Waals surface area contributed by atoms with Gasteiger partial charge < -0.3 is 20.2 Å². The maximum absolute atomic E-state index is 13.4. The van der Waals surface area contributed by atoms with Gasteiger partial charge >= 0.3 is 12.1 Å². The summed E-state index contributed by atoms with van der Waals surface area (Å²) in [6.45, 7) is 13.0. The molecule has 9 rings (SSSR count). The zero-order valence-electron chi connectivity index (χ0n) is 34.2. The zero-order valence-corrected chi connectivity index (χ0v) is 34.2. The number of carbonyl (C=O) groups is 6. The number of fused-ring (bicyclic) bond motifs is 4. The fraction of sp³-hybridized carbons (Fsp3) is 0.857. The largest absolute Gasteiger partial charge is 0.393 e. The normalized spacial score (nSPS) is 40.7. The van der Waals surface area contributed by atoms with Gasteiger partial charge in [-0.05, 0) is 132 Å². The summed E-state index contributed by atoms with van der Waals surface area (Å²) in [6, 6.07) is -0.873. The minimum absolute atomic E-state index is 0.0467. The van der Waals surface area contributed by atoms with Crippen LogP contribution >= 0.6 is 0 Å². The van der Waals surface area contributed by atoms with Crippen LogP contribution in [0.1, 0.15) is 125 Å². The van der Waals surface area contributed by atoms with Crippen LogP contribution in [0.4, 0.5) is 9.59 Å². The Labute approximate surface area is 322 Å². The number of aliphatic hydroxyl groups is 1. The Kier molecular flexibility index (Phi) is 11.5. The predicted octanol–water partition coefficient (Wildman–Crippen LogP) is 5.25. The third kappa shape index (κ3) is 6.52. The Balaban J connectivity index is 0.000000176. The summed E-state index contributed by atoms with van der Waals surface area (Å²) in [4.78, 5) is 83.1. The van der Waals surface area contributed by atoms with E-state index < -0.39 is 17.2 Å². The second-order valence-corrected chi connectivity index (χ2v) is 18.7. The molecule has 302 valence electrons. The SMILES string of the molecule is CC.CN1C(=O)N(CC(=O)C2CCCC(O)C2)C(=O)C1(C)C1C[C@@H]2CC[C@H]1C2.CN1C(=O)N(CC(=O)C2CCCN2)C(=O)C1(C)[C@H]1CC[C@H]2C[C@@H]1C2(C)C. The number of imide groups is 2. The van der Waals surface area contributed by atoms with Crippen LogP contribution in [0.5, 0.6) is 0 Å². The third-order valence-electron chi connectivity index (χ3n) is 16.0. The number of carbonyl (C=O) groups excluding carboxylic acids is 6. The van der Waals surface area contributed by atoms with Crippen molar-refractivity contribution in [1.82, 2.24) is 24.9 Å². The van der Waals surface area contributed by atoms with E-state index in [1.165, 1.54) is 22.6 Å². The maximum atomic E-state index is 13.4. The Morgan fingerprint density at radius 1 is 0.685 bits per heavy atom. The van der Waals surface area contributed by atoms with Gasteiger partial charge in [-0.25, -0.2) is 9.59 Å². The van der Waals surface area contributed by atoms with Gasteiger partial charge in [0.15, 0.2) is 11.6 Å². The molecule has 6 amide bonds. The molecule has 12 nitrogen and oxygen atoms in total. The van der Waals surface area contributed by atoms with E-state index in [0.29, 0.717) is 24.2 Å². The number of aliphatic hydroxyl groups excluding tert-OH is 1. The lowest BCUT2D eigenvalue weighted by molar-refractivity contribution is -0.158. The van der Waals surface area contributed by atoms with Gasteiger partial charge in [-0.2, -0.15) is 0 Å². The topological polar surface area (TPSA) is 148 Å². The number of ketones is 2. The molecule has 11 atom stereocenters. The quantitative estimate of drug-likeness (QED) is 0.320. The Bertz CT molecular complexity index is 1510. The Hall–Kier alpha value is -2.86. The monoisotopic (exact) mass is 754 g/mol. The molecule has 3 heterocycles. The number of rotatable bonds is 8. The minimum Gasteiger partial charge on any atom is -0.393 e. The van der Waals surface area contributed by atoms with Crippen LogP contribution in [-0.2, 0) is 19.2 Å². The molecule has 6 unspecified atom stereocenters. The molecule has 0 radical (unpaired) electrons. The highest BCUT2D eigenvalue weighted by molar-refractivity contribution is 6.10. The molecule has 0 aromatic heterocycles. The van der Waals surface area contributed by atoms with Gasteiger partial charge in [0, 0.05) is 20.0 Å². The van der Waals surface area contributed by atoms with Crippen molar-refractivity contribution in [3.05, 3.63) is 0 Å². The number of likely N-dealkylation sites (N-methyl/N-ethyl adjacent to an activating group) is 2. The standard InChI is InChI=1S/C20H31N3O3.C20H30N2O4.C2H6/c1-19(2)12-7-8-13(14(19)10-12)20(3)17(25)23(18(26)22(20)4)11-16(24)15-6-5-9-21-15;1-20(16-9-12-6-7-13(16)8-12)18(25)22(19(26)21(20)2)11-17(24)14-4-3-5-15(23)10-14;1-2/h12-15,21H,5-11H2,1-4H3;12-16,23H,3-11H2,1-2H3;1-2H3/t12-,13-,14-,15?,20?;12-,13+,14?,15?,16?,20?;/m01./s1. The predicted molar refractivity (Wildman–Crippen MR) is 204 cm³/mol. The van der Waals surface area contributed by atoms with Crippen LogP contribution in [0.3, 0.4) is 0 Å². The first-order chi connectivity index (χ1) is 25.5. The van der Waals surface area contributed by atoms with Crippen molar-refractivity contribution in [2.24, 2.45) is 46.8 Å². The van der Waals surface area contributed by atoms with Gasteiger partial charge in [0.1, 0.15) is 11.1 Å². The van der Waals surface area contributed by atoms with Gasteiger partial charge in [0.05, 0.1) is 25.2 Å². The fourth-order valence-corrected chi connectivity index (χ4v) is 12.2. The first-order valence-corrected chi connectivity index (χ1v) is 21.2. The molecule has 6 saturated carbocycles. The highest BCUT2D eigenvalue weighted by atomic mass is 16.3. The highest BCUT2D eigenvalue weighted by Crippen LogP contribution is 2.64. The molecule has 2 N–H and O–H groups in total. The summed E-state index contributed by atoms with van der Waals surface area (Å²) in [7, 11) is 3.44. The van der Waals surface area contributed by atoms with Crippen molar-refractivity contribution >= 4 is 35.4 Å². The third-order valence-corrected chi connectivity index (χ3v) is 16.0. The van der Waals surface area contributed by atoms with E-state index in [-0.39, 0.29) is 77.7 Å². The van der Waals surface area contributed by atoms with Crippen molar-refractivity contribution < 1.29 is 33.9 Å². The van der Waals surface area contributed by atoms with Gasteiger partial charge in [0.25, 0.3) is 11.8 Å². The van der Waals surface area contributed by atoms with Crippen LogP contribution in [0.2, 0.25) is 0 Å². The van der Waals surface area contributed by atoms with Gasteiger partial charge in [-0.15, -0.1) is 0 Å². The number of hydrogen-bond donors (Lipinski definition) is 2. The van der Waals surface area contributed by atoms with Crippen molar-refractivity contribution in [3.63, 3.8) is 0 Å². The molecular weight excluding hydrogens is 686 g/mol. The van der Waals surface area contributed by atoms with E-state index in [4.69, 9.17) is 0 Å². The number of Topliss-reactive ketones (excluding diaryl/α,β-unsaturated/α-hetero) is 2. The zero-order chi connectivity index (χ0) is 39.5. The van der Waals surface area contributed by atoms with Gasteiger partial charge in [0.2, 0.25) is 0 Å². The summed E-state index contributed by atoms with van der Waals surface area (Å²) < 4.78 is 0. The number of amides is 6. The van der Waals surface area contributed by atoms with E-state index in [2.05, 4.69) is 19.2 Å². The van der Waals surface area contributed by atoms with Crippen LogP contribution < -0.4 is 5.32 Å². The molecule has 3 saturated heterocycles. The smallest absolute Gasteiger partial charge is 0.327 e. The van der Waals surface area contributed by atoms with E-state index in [0.717, 1.165) is 76.7 Å². The molecule has 6 aliphatic carbocycles. The molecule has 12 heteroatoms. The molecule has 4 bridgehead atoms. The van der Waals surface area contributed by atoms with E-state index in [1.54, 1.807) is 23.9 Å². The summed E-state index contributed by atoms with van der Waals surface area (Å²) in [5.74, 6) is 2.06. The minimum atomic E-state index is -0.826. The Morgan fingerprint density at radius 3 is 1.80 bits per heavy atom. The molecule has 0 aromatic carbocycles. The second-order valence-electron chi connectivity index (χ2n) is 18.7. The average Bonchev–Trinajstić information content (AvgIpc) is 4.01. The van der Waals surface area contributed by atoms with Gasteiger partial charge in [-0.3, -0.25) is 29.0 Å². The second kappa shape index (κ2) is 15.2. The van der Waals surface area contributed by atoms with E-state index >= 15 is 0 Å². The highest BCUT2D eigenvalue weighted by Gasteiger charge is 2.66. The summed E-state index contributed by atoms with van der Waals surface area (Å²) in [5.41, 5.74) is -1.40. The summed E-state index contributed by atoms with van der Waals surface area (Å²) in [5, 5.41) is 13.0. The van der Waals surface area contributed by atoms with E-state index in [1.807, 2.05) is 27.7 Å². The molecule has 9 fully saturated rings. The fourth-order valence-electron chi connectivity index (χ4n) is 12.2. The lowest BCUT2D eigenvalue weighted by atomic mass is 9.43.